The van der Waals surface area contributed by atoms with Crippen LogP contribution in [-0.4, -0.2) is 9.52 Å². The lowest BCUT2D eigenvalue weighted by Gasteiger charge is -2.18. The Hall–Kier alpha value is -6.02. The highest BCUT2D eigenvalue weighted by Gasteiger charge is 2.28. The second kappa shape index (κ2) is 12.9. The van der Waals surface area contributed by atoms with Crippen LogP contribution in [0.5, 0.6) is 0 Å². The van der Waals surface area contributed by atoms with Crippen molar-refractivity contribution in [2.75, 3.05) is 0 Å². The van der Waals surface area contributed by atoms with Gasteiger partial charge in [-0.2, -0.15) is 0 Å². The summed E-state index contributed by atoms with van der Waals surface area (Å²) < 4.78 is 0. The van der Waals surface area contributed by atoms with E-state index in [1.54, 1.807) is 0 Å². The molecule has 2 aliphatic carbocycles. The second-order valence-electron chi connectivity index (χ2n) is 15.0. The molecule has 0 saturated heterocycles. The predicted molar refractivity (Wildman–Crippen MR) is 230 cm³/mol. The smallest absolute Gasteiger partial charge is 0.0630 e. The van der Waals surface area contributed by atoms with Crippen LogP contribution >= 0.6 is 0 Å². The van der Waals surface area contributed by atoms with Gasteiger partial charge in [-0.25, -0.2) is 0 Å². The lowest BCUT2D eigenvalue weighted by atomic mass is 9.87. The van der Waals surface area contributed by atoms with Crippen molar-refractivity contribution in [1.29, 1.82) is 0 Å². The molecule has 0 nitrogen and oxygen atoms in total. The van der Waals surface area contributed by atoms with E-state index in [2.05, 4.69) is 196 Å². The molecular formula is C52H40Si. The molecule has 1 heteroatoms. The molecule has 2 aliphatic rings. The molecule has 2 atom stereocenters. The SMILES string of the molecule is CC1=Cc2c(-c3cccc4ccccc34)cccc2C1c1ccc([SiH2]c2ccc(C3C(C)=Cc4c(-c5cccc6ccccc56)cccc43)cc2)cc1. The average Bonchev–Trinajstić information content (AvgIpc) is 3.73. The molecule has 0 bridgehead atoms. The Bertz CT molecular complexity index is 2560. The third kappa shape index (κ3) is 5.43. The van der Waals surface area contributed by atoms with Crippen LogP contribution in [0.25, 0.3) is 56.0 Å². The standard InChI is InChI=1S/C52H40Si/c1-33-31-49-45(43-17-7-13-35-11-3-5-15-41(35)43)19-9-21-47(49)51(33)37-23-27-39(28-24-37)53-40-29-25-38(26-30-40)52-34(2)32-50-46(20-10-22-48(50)52)44-18-8-14-36-12-4-6-16-42(36)44/h3-32,51-52H,53H2,1-2H3. The highest BCUT2D eigenvalue weighted by molar-refractivity contribution is 6.67. The molecule has 0 radical (unpaired) electrons. The molecule has 0 heterocycles. The Morgan fingerprint density at radius 1 is 0.358 bits per heavy atom. The summed E-state index contributed by atoms with van der Waals surface area (Å²) in [4.78, 5) is 0. The van der Waals surface area contributed by atoms with E-state index in [0.29, 0.717) is 11.8 Å². The Morgan fingerprint density at radius 3 is 1.19 bits per heavy atom. The van der Waals surface area contributed by atoms with Crippen molar-refractivity contribution in [3.63, 3.8) is 0 Å². The van der Waals surface area contributed by atoms with E-state index in [0.717, 1.165) is 0 Å². The molecule has 53 heavy (non-hydrogen) atoms. The zero-order valence-corrected chi connectivity index (χ0v) is 31.6. The molecule has 8 aromatic rings. The van der Waals surface area contributed by atoms with Crippen molar-refractivity contribution in [2.24, 2.45) is 0 Å². The summed E-state index contributed by atoms with van der Waals surface area (Å²) in [6.07, 6.45) is 4.84. The summed E-state index contributed by atoms with van der Waals surface area (Å²) in [7, 11) is -0.606. The maximum atomic E-state index is 2.42. The number of fused-ring (bicyclic) bond motifs is 4. The zero-order valence-electron chi connectivity index (χ0n) is 30.2. The van der Waals surface area contributed by atoms with Crippen LogP contribution in [0.4, 0.5) is 0 Å². The number of hydrogen-bond donors (Lipinski definition) is 0. The monoisotopic (exact) mass is 692 g/mol. The molecule has 252 valence electrons. The van der Waals surface area contributed by atoms with E-state index in [9.17, 15) is 0 Å². The molecule has 0 amide bonds. The van der Waals surface area contributed by atoms with Crippen molar-refractivity contribution in [3.05, 3.63) is 214 Å². The minimum absolute atomic E-state index is 0.293. The lowest BCUT2D eigenvalue weighted by molar-refractivity contribution is 0.978. The fraction of sp³-hybridized carbons (Fsp3) is 0.0769. The summed E-state index contributed by atoms with van der Waals surface area (Å²) in [5.74, 6) is 0.586. The summed E-state index contributed by atoms with van der Waals surface area (Å²) in [5, 5.41) is 8.15. The Labute approximate surface area is 314 Å². The van der Waals surface area contributed by atoms with Crippen LogP contribution in [0, 0.1) is 0 Å². The third-order valence-corrected chi connectivity index (χ3v) is 13.5. The normalized spacial score (nSPS) is 16.3. The minimum Gasteiger partial charge on any atom is -0.0630 e. The molecule has 0 saturated carbocycles. The zero-order chi connectivity index (χ0) is 35.5. The predicted octanol–water partition coefficient (Wildman–Crippen LogP) is 11.5. The van der Waals surface area contributed by atoms with Gasteiger partial charge in [0.05, 0.1) is 9.52 Å². The van der Waals surface area contributed by atoms with E-state index in [1.807, 2.05) is 0 Å². The number of rotatable bonds is 6. The van der Waals surface area contributed by atoms with Crippen LogP contribution in [0.1, 0.15) is 59.1 Å². The van der Waals surface area contributed by atoms with Gasteiger partial charge in [0.1, 0.15) is 0 Å². The van der Waals surface area contributed by atoms with Crippen LogP contribution in [0.3, 0.4) is 0 Å². The van der Waals surface area contributed by atoms with Crippen molar-refractivity contribution < 1.29 is 0 Å². The van der Waals surface area contributed by atoms with Gasteiger partial charge in [0.15, 0.2) is 0 Å². The third-order valence-electron chi connectivity index (χ3n) is 11.8. The van der Waals surface area contributed by atoms with E-state index >= 15 is 0 Å². The molecule has 8 aromatic carbocycles. The van der Waals surface area contributed by atoms with Crippen molar-refractivity contribution >= 4 is 53.6 Å². The first-order valence-corrected chi connectivity index (χ1v) is 20.3. The Kier molecular flexibility index (Phi) is 7.70. The number of allylic oxidation sites excluding steroid dienone is 2. The van der Waals surface area contributed by atoms with E-state index in [1.165, 1.54) is 98.7 Å². The van der Waals surface area contributed by atoms with Crippen LogP contribution in [-0.2, 0) is 0 Å². The summed E-state index contributed by atoms with van der Waals surface area (Å²) in [6.45, 7) is 4.59. The van der Waals surface area contributed by atoms with Gasteiger partial charge in [-0.05, 0) is 91.0 Å². The largest absolute Gasteiger partial charge is 0.0875 e. The van der Waals surface area contributed by atoms with E-state index in [-0.39, 0.29) is 0 Å². The highest BCUT2D eigenvalue weighted by atomic mass is 28.2. The Morgan fingerprint density at radius 2 is 0.736 bits per heavy atom. The molecule has 0 aliphatic heterocycles. The van der Waals surface area contributed by atoms with Crippen LogP contribution in [0.2, 0.25) is 0 Å². The van der Waals surface area contributed by atoms with Crippen molar-refractivity contribution in [2.45, 2.75) is 25.7 Å². The van der Waals surface area contributed by atoms with Crippen molar-refractivity contribution in [3.8, 4) is 22.3 Å². The first-order valence-electron chi connectivity index (χ1n) is 18.9. The Balaban J connectivity index is 0.892. The molecule has 2 unspecified atom stereocenters. The van der Waals surface area contributed by atoms with Crippen LogP contribution in [0.15, 0.2) is 181 Å². The quantitative estimate of drug-likeness (QED) is 0.152. The molecule has 0 fully saturated rings. The van der Waals surface area contributed by atoms with Gasteiger partial charge < -0.3 is 0 Å². The highest BCUT2D eigenvalue weighted by Crippen LogP contribution is 2.47. The minimum atomic E-state index is -0.606. The fourth-order valence-corrected chi connectivity index (χ4v) is 10.7. The maximum Gasteiger partial charge on any atom is 0.0875 e. The van der Waals surface area contributed by atoms with Gasteiger partial charge in [0.25, 0.3) is 0 Å². The van der Waals surface area contributed by atoms with Gasteiger partial charge in [-0.1, -0.05) is 204 Å². The van der Waals surface area contributed by atoms with Gasteiger partial charge in [0, 0.05) is 11.8 Å². The summed E-state index contributed by atoms with van der Waals surface area (Å²) in [6, 6.07) is 63.6. The first kappa shape index (κ1) is 31.7. The molecule has 10 rings (SSSR count). The van der Waals surface area contributed by atoms with Crippen LogP contribution < -0.4 is 10.4 Å². The lowest BCUT2D eigenvalue weighted by Crippen LogP contribution is -2.27. The summed E-state index contributed by atoms with van der Waals surface area (Å²) >= 11 is 0. The number of benzene rings is 8. The molecule has 0 N–H and O–H groups in total. The molecule has 0 spiro atoms. The van der Waals surface area contributed by atoms with Crippen molar-refractivity contribution in [1.82, 2.24) is 0 Å². The first-order chi connectivity index (χ1) is 26.1. The topological polar surface area (TPSA) is 0 Å². The average molecular weight is 693 g/mol. The van der Waals surface area contributed by atoms with Gasteiger partial charge in [-0.15, -0.1) is 0 Å². The maximum absolute atomic E-state index is 2.42. The summed E-state index contributed by atoms with van der Waals surface area (Å²) in [5.41, 5.74) is 16.4. The second-order valence-corrected chi connectivity index (χ2v) is 17.0. The van der Waals surface area contributed by atoms with Gasteiger partial charge >= 0.3 is 0 Å². The fourth-order valence-electron chi connectivity index (χ4n) is 9.27. The number of hydrogen-bond acceptors (Lipinski definition) is 0. The molecular weight excluding hydrogens is 653 g/mol. The molecule has 0 aromatic heterocycles. The van der Waals surface area contributed by atoms with Gasteiger partial charge in [-0.3, -0.25) is 0 Å². The van der Waals surface area contributed by atoms with E-state index < -0.39 is 9.52 Å². The van der Waals surface area contributed by atoms with Gasteiger partial charge in [0.2, 0.25) is 0 Å². The van der Waals surface area contributed by atoms with E-state index in [4.69, 9.17) is 0 Å².